The molecule has 0 atom stereocenters. The lowest BCUT2D eigenvalue weighted by Crippen LogP contribution is -2.28. The van der Waals surface area contributed by atoms with Crippen LogP contribution in [-0.4, -0.2) is 12.7 Å². The van der Waals surface area contributed by atoms with Gasteiger partial charge in [-0.05, 0) is 130 Å². The summed E-state index contributed by atoms with van der Waals surface area (Å²) in [6, 6.07) is 2.11. The summed E-state index contributed by atoms with van der Waals surface area (Å²) in [6.07, 6.45) is 17.5. The SMILES string of the molecule is CCOC1CCC(C2CCC(CCC3CCC(c4cc(F)c(C(F)(F)Cl)c(F)c4)CC3)CC2)CC1. The normalized spacial score (nSPS) is 32.5. The predicted octanol–water partition coefficient (Wildman–Crippen LogP) is 9.71. The Labute approximate surface area is 213 Å². The second-order valence-corrected chi connectivity index (χ2v) is 11.9. The van der Waals surface area contributed by atoms with E-state index in [1.807, 2.05) is 0 Å². The van der Waals surface area contributed by atoms with Crippen LogP contribution in [-0.2, 0) is 10.1 Å². The molecule has 0 aromatic heterocycles. The Kier molecular flexibility index (Phi) is 9.46. The van der Waals surface area contributed by atoms with Gasteiger partial charge in [0, 0.05) is 6.61 Å². The monoisotopic (exact) mass is 516 g/mol. The molecule has 0 saturated heterocycles. The average Bonchev–Trinajstić information content (AvgIpc) is 2.83. The van der Waals surface area contributed by atoms with Crippen LogP contribution in [0.15, 0.2) is 12.1 Å². The Balaban J connectivity index is 1.16. The second kappa shape index (κ2) is 12.2. The number of hydrogen-bond acceptors (Lipinski definition) is 1. The van der Waals surface area contributed by atoms with Gasteiger partial charge in [0.2, 0.25) is 0 Å². The zero-order chi connectivity index (χ0) is 25.0. The minimum Gasteiger partial charge on any atom is -0.379 e. The number of hydrogen-bond donors (Lipinski definition) is 0. The van der Waals surface area contributed by atoms with Gasteiger partial charge in [-0.15, -0.1) is 0 Å². The van der Waals surface area contributed by atoms with E-state index in [1.165, 1.54) is 64.2 Å². The summed E-state index contributed by atoms with van der Waals surface area (Å²) in [4.78, 5) is 0. The van der Waals surface area contributed by atoms with Crippen molar-refractivity contribution in [3.8, 4) is 0 Å². The van der Waals surface area contributed by atoms with Gasteiger partial charge in [0.25, 0.3) is 0 Å². The molecule has 0 amide bonds. The van der Waals surface area contributed by atoms with E-state index in [0.29, 0.717) is 17.6 Å². The molecule has 198 valence electrons. The standard InChI is InChI=1S/C29H41ClF4O/c1-2-35-25-15-13-22(14-16-25)21-9-5-19(6-10-21)3-4-20-7-11-23(12-8-20)24-17-26(31)28(27(32)18-24)29(30,33)34/h17-23,25H,2-16H2,1H3. The van der Waals surface area contributed by atoms with E-state index in [4.69, 9.17) is 16.3 Å². The first kappa shape index (κ1) is 27.2. The minimum absolute atomic E-state index is 0.0292. The van der Waals surface area contributed by atoms with E-state index < -0.39 is 22.6 Å². The number of halogens is 5. The molecule has 0 bridgehead atoms. The van der Waals surface area contributed by atoms with Gasteiger partial charge in [-0.25, -0.2) is 8.78 Å². The maximum atomic E-state index is 14.1. The van der Waals surface area contributed by atoms with Gasteiger partial charge >= 0.3 is 5.38 Å². The van der Waals surface area contributed by atoms with E-state index in [1.54, 1.807) is 0 Å². The maximum Gasteiger partial charge on any atom is 0.353 e. The van der Waals surface area contributed by atoms with Crippen molar-refractivity contribution in [2.75, 3.05) is 6.61 Å². The lowest BCUT2D eigenvalue weighted by molar-refractivity contribution is 0.0133. The van der Waals surface area contributed by atoms with Gasteiger partial charge in [-0.3, -0.25) is 0 Å². The largest absolute Gasteiger partial charge is 0.379 e. The van der Waals surface area contributed by atoms with Gasteiger partial charge in [0.05, 0.1) is 6.10 Å². The lowest BCUT2D eigenvalue weighted by Gasteiger charge is -2.38. The number of alkyl halides is 3. The van der Waals surface area contributed by atoms with Crippen molar-refractivity contribution >= 4 is 11.6 Å². The van der Waals surface area contributed by atoms with E-state index >= 15 is 0 Å². The summed E-state index contributed by atoms with van der Waals surface area (Å²) in [5.41, 5.74) is -0.860. The van der Waals surface area contributed by atoms with Gasteiger partial charge < -0.3 is 4.74 Å². The van der Waals surface area contributed by atoms with E-state index in [2.05, 4.69) is 6.92 Å². The highest BCUT2D eigenvalue weighted by molar-refractivity contribution is 6.21. The van der Waals surface area contributed by atoms with Crippen molar-refractivity contribution in [2.24, 2.45) is 23.7 Å². The average molecular weight is 517 g/mol. The molecule has 0 aliphatic heterocycles. The van der Waals surface area contributed by atoms with Crippen LogP contribution in [0.4, 0.5) is 17.6 Å². The second-order valence-electron chi connectivity index (χ2n) is 11.4. The first-order chi connectivity index (χ1) is 16.7. The van der Waals surface area contributed by atoms with Gasteiger partial charge in [0.15, 0.2) is 0 Å². The molecule has 0 spiro atoms. The smallest absolute Gasteiger partial charge is 0.353 e. The van der Waals surface area contributed by atoms with Gasteiger partial charge in [-0.1, -0.05) is 25.7 Å². The molecule has 4 rings (SSSR count). The fourth-order valence-electron chi connectivity index (χ4n) is 7.27. The summed E-state index contributed by atoms with van der Waals surface area (Å²) < 4.78 is 60.7. The Morgan fingerprint density at radius 1 is 0.771 bits per heavy atom. The first-order valence-electron chi connectivity index (χ1n) is 13.9. The lowest BCUT2D eigenvalue weighted by atomic mass is 9.69. The summed E-state index contributed by atoms with van der Waals surface area (Å²) in [5, 5.41) is -4.04. The number of ether oxygens (including phenoxy) is 1. The third-order valence-corrected chi connectivity index (χ3v) is 9.52. The Bertz CT molecular complexity index is 778. The third-order valence-electron chi connectivity index (χ3n) is 9.33. The highest BCUT2D eigenvalue weighted by atomic mass is 35.5. The summed E-state index contributed by atoms with van der Waals surface area (Å²) in [7, 11) is 0. The van der Waals surface area contributed by atoms with Crippen molar-refractivity contribution in [3.63, 3.8) is 0 Å². The van der Waals surface area contributed by atoms with Gasteiger partial charge in [-0.2, -0.15) is 8.78 Å². The molecule has 0 heterocycles. The van der Waals surface area contributed by atoms with Crippen LogP contribution < -0.4 is 0 Å². The Morgan fingerprint density at radius 3 is 1.69 bits per heavy atom. The third kappa shape index (κ3) is 7.15. The highest BCUT2D eigenvalue weighted by Gasteiger charge is 2.36. The van der Waals surface area contributed by atoms with Crippen LogP contribution >= 0.6 is 11.6 Å². The van der Waals surface area contributed by atoms with E-state index in [0.717, 1.165) is 62.2 Å². The quantitative estimate of drug-likeness (QED) is 0.247. The molecule has 6 heteroatoms. The van der Waals surface area contributed by atoms with Crippen LogP contribution in [0.1, 0.15) is 114 Å². The molecule has 35 heavy (non-hydrogen) atoms. The zero-order valence-electron chi connectivity index (χ0n) is 21.0. The van der Waals surface area contributed by atoms with Gasteiger partial charge in [0.1, 0.15) is 17.2 Å². The van der Waals surface area contributed by atoms with Crippen LogP contribution in [0.25, 0.3) is 0 Å². The molecule has 3 aliphatic rings. The molecule has 0 radical (unpaired) electrons. The van der Waals surface area contributed by atoms with Crippen LogP contribution in [0, 0.1) is 35.3 Å². The minimum atomic E-state index is -4.04. The molecule has 3 aliphatic carbocycles. The first-order valence-corrected chi connectivity index (χ1v) is 14.3. The van der Waals surface area contributed by atoms with Crippen molar-refractivity contribution in [1.29, 1.82) is 0 Å². The molecule has 3 saturated carbocycles. The van der Waals surface area contributed by atoms with Crippen molar-refractivity contribution in [1.82, 2.24) is 0 Å². The zero-order valence-corrected chi connectivity index (χ0v) is 21.8. The van der Waals surface area contributed by atoms with Crippen molar-refractivity contribution in [3.05, 3.63) is 34.9 Å². The summed E-state index contributed by atoms with van der Waals surface area (Å²) in [5.74, 6) is 0.856. The summed E-state index contributed by atoms with van der Waals surface area (Å²) in [6.45, 7) is 2.93. The molecule has 0 N–H and O–H groups in total. The maximum absolute atomic E-state index is 14.1. The fourth-order valence-corrected chi connectivity index (χ4v) is 7.45. The van der Waals surface area contributed by atoms with Crippen LogP contribution in [0.5, 0.6) is 0 Å². The van der Waals surface area contributed by atoms with Crippen LogP contribution in [0.3, 0.4) is 0 Å². The predicted molar refractivity (Wildman–Crippen MR) is 133 cm³/mol. The number of benzene rings is 1. The van der Waals surface area contributed by atoms with Crippen molar-refractivity contribution < 1.29 is 22.3 Å². The fraction of sp³-hybridized carbons (Fsp3) is 0.793. The molecular weight excluding hydrogens is 476 g/mol. The van der Waals surface area contributed by atoms with Crippen LogP contribution in [0.2, 0.25) is 0 Å². The molecule has 0 unspecified atom stereocenters. The summed E-state index contributed by atoms with van der Waals surface area (Å²) >= 11 is 4.87. The Hall–Kier alpha value is -0.810. The topological polar surface area (TPSA) is 9.23 Å². The molecule has 1 aromatic rings. The molecular formula is C29H41ClF4O. The highest BCUT2D eigenvalue weighted by Crippen LogP contribution is 2.44. The molecule has 3 fully saturated rings. The molecule has 1 nitrogen and oxygen atoms in total. The van der Waals surface area contributed by atoms with E-state index in [-0.39, 0.29) is 5.92 Å². The van der Waals surface area contributed by atoms with E-state index in [9.17, 15) is 17.6 Å². The number of rotatable bonds is 8. The molecule has 1 aromatic carbocycles. The van der Waals surface area contributed by atoms with Crippen molar-refractivity contribution in [2.45, 2.75) is 114 Å². The Morgan fingerprint density at radius 2 is 1.23 bits per heavy atom.